The van der Waals surface area contributed by atoms with Crippen molar-refractivity contribution >= 4 is 27.6 Å². The van der Waals surface area contributed by atoms with Crippen molar-refractivity contribution in [2.75, 3.05) is 5.75 Å². The number of fused-ring (bicyclic) bond motifs is 1. The number of hydrogen-bond acceptors (Lipinski definition) is 5. The number of amides is 2. The van der Waals surface area contributed by atoms with Crippen LogP contribution >= 0.6 is 0 Å². The summed E-state index contributed by atoms with van der Waals surface area (Å²) in [5, 5.41) is 9.64. The van der Waals surface area contributed by atoms with Crippen molar-refractivity contribution in [2.24, 2.45) is 0 Å². The molecule has 2 amide bonds. The molecule has 3 rings (SSSR count). The van der Waals surface area contributed by atoms with Crippen LogP contribution in [0.5, 0.6) is 0 Å². The number of β-lactam (4-membered cyclic amide) rings is 1. The standard InChI is InChI=1S/C14H14N2O6S/c17-10(6-8-4-2-1-3-5-8)15-11-9-7-23(21,22)13(14(19)20)16(9)12(11)18/h1-5,9,11,13H,6-7H2,(H,15,17)(H,19,20)/t9-,11+,13-/m1/s1. The fraction of sp³-hybridized carbons (Fsp3) is 0.357. The quantitative estimate of drug-likeness (QED) is 0.663. The van der Waals surface area contributed by atoms with Crippen LogP contribution in [0.3, 0.4) is 0 Å². The van der Waals surface area contributed by atoms with Crippen LogP contribution in [0, 0.1) is 0 Å². The molecule has 2 N–H and O–H groups in total. The third-order valence-electron chi connectivity index (χ3n) is 3.99. The molecule has 1 aromatic rings. The van der Waals surface area contributed by atoms with Crippen molar-refractivity contribution in [2.45, 2.75) is 23.9 Å². The van der Waals surface area contributed by atoms with Crippen molar-refractivity contribution in [3.05, 3.63) is 35.9 Å². The highest BCUT2D eigenvalue weighted by atomic mass is 32.2. The van der Waals surface area contributed by atoms with Crippen molar-refractivity contribution < 1.29 is 27.9 Å². The molecule has 2 saturated heterocycles. The molecule has 2 heterocycles. The zero-order valence-corrected chi connectivity index (χ0v) is 12.7. The summed E-state index contributed by atoms with van der Waals surface area (Å²) in [4.78, 5) is 35.9. The first-order valence-electron chi connectivity index (χ1n) is 6.91. The third kappa shape index (κ3) is 2.56. The van der Waals surface area contributed by atoms with Gasteiger partial charge < -0.3 is 15.3 Å². The Kier molecular flexibility index (Phi) is 3.59. The van der Waals surface area contributed by atoms with Crippen molar-refractivity contribution in [3.8, 4) is 0 Å². The van der Waals surface area contributed by atoms with Gasteiger partial charge in [0.2, 0.25) is 17.2 Å². The number of carbonyl (C=O) groups excluding carboxylic acids is 2. The molecule has 9 heteroatoms. The van der Waals surface area contributed by atoms with Crippen molar-refractivity contribution in [3.63, 3.8) is 0 Å². The smallest absolute Gasteiger partial charge is 0.342 e. The number of benzene rings is 1. The highest BCUT2D eigenvalue weighted by molar-refractivity contribution is 7.93. The monoisotopic (exact) mass is 338 g/mol. The van der Waals surface area contributed by atoms with Crippen LogP contribution in [0.1, 0.15) is 5.56 Å². The van der Waals surface area contributed by atoms with Crippen LogP contribution in [-0.2, 0) is 30.6 Å². The van der Waals surface area contributed by atoms with E-state index in [1.54, 1.807) is 24.3 Å². The predicted octanol–water partition coefficient (Wildman–Crippen LogP) is -1.24. The van der Waals surface area contributed by atoms with Gasteiger partial charge in [0.05, 0.1) is 18.2 Å². The van der Waals surface area contributed by atoms with Crippen LogP contribution in [0.4, 0.5) is 0 Å². The van der Waals surface area contributed by atoms with Gasteiger partial charge in [-0.2, -0.15) is 0 Å². The summed E-state index contributed by atoms with van der Waals surface area (Å²) < 4.78 is 23.7. The first-order chi connectivity index (χ1) is 10.8. The van der Waals surface area contributed by atoms with Gasteiger partial charge in [-0.05, 0) is 5.56 Å². The maximum Gasteiger partial charge on any atom is 0.342 e. The lowest BCUT2D eigenvalue weighted by atomic mass is 9.96. The SMILES string of the molecule is O=C(Cc1ccccc1)N[C@@H]1C(=O)N2[C@@H]1CS(=O)(=O)[C@@H]2C(=O)O. The Bertz CT molecular complexity index is 776. The molecule has 2 fully saturated rings. The number of aliphatic carboxylic acids is 1. The van der Waals surface area contributed by atoms with E-state index in [1.807, 2.05) is 6.07 Å². The van der Waals surface area contributed by atoms with E-state index >= 15 is 0 Å². The number of nitrogens with zero attached hydrogens (tertiary/aromatic N) is 1. The maximum atomic E-state index is 12.0. The Morgan fingerprint density at radius 3 is 2.52 bits per heavy atom. The van der Waals surface area contributed by atoms with Crippen LogP contribution in [0.15, 0.2) is 30.3 Å². The number of carbonyl (C=O) groups is 3. The molecule has 0 aromatic heterocycles. The van der Waals surface area contributed by atoms with Gasteiger partial charge in [-0.3, -0.25) is 9.59 Å². The lowest BCUT2D eigenvalue weighted by molar-refractivity contribution is -0.159. The molecule has 2 aliphatic heterocycles. The minimum absolute atomic E-state index is 0.0620. The van der Waals surface area contributed by atoms with Crippen molar-refractivity contribution in [1.82, 2.24) is 10.2 Å². The molecule has 0 radical (unpaired) electrons. The molecule has 122 valence electrons. The second-order valence-electron chi connectivity index (χ2n) is 5.54. The zero-order valence-electron chi connectivity index (χ0n) is 11.9. The summed E-state index contributed by atoms with van der Waals surface area (Å²) in [6.07, 6.45) is 0.0620. The van der Waals surface area contributed by atoms with Gasteiger partial charge in [-0.1, -0.05) is 30.3 Å². The van der Waals surface area contributed by atoms with Gasteiger partial charge >= 0.3 is 5.97 Å². The number of nitrogens with one attached hydrogen (secondary N) is 1. The number of hydrogen-bond donors (Lipinski definition) is 2. The van der Waals surface area contributed by atoms with Crippen LogP contribution < -0.4 is 5.32 Å². The van der Waals surface area contributed by atoms with E-state index in [0.29, 0.717) is 0 Å². The average molecular weight is 338 g/mol. The van der Waals surface area contributed by atoms with E-state index in [9.17, 15) is 22.8 Å². The Morgan fingerprint density at radius 2 is 1.91 bits per heavy atom. The lowest BCUT2D eigenvalue weighted by Crippen LogP contribution is -2.71. The molecular weight excluding hydrogens is 324 g/mol. The Balaban J connectivity index is 1.69. The molecule has 23 heavy (non-hydrogen) atoms. The van der Waals surface area contributed by atoms with Gasteiger partial charge in [0.25, 0.3) is 0 Å². The normalized spacial score (nSPS) is 27.9. The molecule has 0 unspecified atom stereocenters. The highest BCUT2D eigenvalue weighted by Gasteiger charge is 2.63. The molecule has 8 nitrogen and oxygen atoms in total. The minimum Gasteiger partial charge on any atom is -0.479 e. The zero-order chi connectivity index (χ0) is 16.8. The van der Waals surface area contributed by atoms with E-state index in [-0.39, 0.29) is 6.42 Å². The number of carboxylic acid groups (broad SMARTS) is 1. The number of rotatable bonds is 4. The van der Waals surface area contributed by atoms with E-state index in [2.05, 4.69) is 5.32 Å². The average Bonchev–Trinajstić information content (AvgIpc) is 2.74. The summed E-state index contributed by atoms with van der Waals surface area (Å²) in [6.45, 7) is 0. The van der Waals surface area contributed by atoms with Gasteiger partial charge in [-0.15, -0.1) is 0 Å². The van der Waals surface area contributed by atoms with Crippen LogP contribution in [0.25, 0.3) is 0 Å². The Morgan fingerprint density at radius 1 is 1.26 bits per heavy atom. The molecule has 2 aliphatic rings. The Hall–Kier alpha value is -2.42. The van der Waals surface area contributed by atoms with Crippen LogP contribution in [0.2, 0.25) is 0 Å². The maximum absolute atomic E-state index is 12.0. The van der Waals surface area contributed by atoms with E-state index in [1.165, 1.54) is 0 Å². The third-order valence-corrected chi connectivity index (χ3v) is 5.91. The largest absolute Gasteiger partial charge is 0.479 e. The Labute approximate surface area is 132 Å². The molecule has 0 aliphatic carbocycles. The summed E-state index contributed by atoms with van der Waals surface area (Å²) in [5.74, 6) is -3.11. The summed E-state index contributed by atoms with van der Waals surface area (Å²) in [6, 6.07) is 7.09. The van der Waals surface area contributed by atoms with Crippen LogP contribution in [-0.4, -0.2) is 59.4 Å². The second kappa shape index (κ2) is 5.34. The summed E-state index contributed by atoms with van der Waals surface area (Å²) in [7, 11) is -3.93. The summed E-state index contributed by atoms with van der Waals surface area (Å²) in [5.41, 5.74) is 0.760. The molecule has 0 spiro atoms. The van der Waals surface area contributed by atoms with Gasteiger partial charge in [0.15, 0.2) is 9.84 Å². The molecule has 3 atom stereocenters. The number of sulfone groups is 1. The lowest BCUT2D eigenvalue weighted by Gasteiger charge is -2.42. The topological polar surface area (TPSA) is 121 Å². The molecule has 1 aromatic carbocycles. The summed E-state index contributed by atoms with van der Waals surface area (Å²) >= 11 is 0. The van der Waals surface area contributed by atoms with Gasteiger partial charge in [-0.25, -0.2) is 13.2 Å². The van der Waals surface area contributed by atoms with Gasteiger partial charge in [0, 0.05) is 0 Å². The minimum atomic E-state index is -3.93. The second-order valence-corrected chi connectivity index (χ2v) is 7.65. The van der Waals surface area contributed by atoms with Crippen molar-refractivity contribution in [1.29, 1.82) is 0 Å². The first-order valence-corrected chi connectivity index (χ1v) is 8.62. The fourth-order valence-electron chi connectivity index (χ4n) is 2.97. The molecule has 0 bridgehead atoms. The fourth-order valence-corrected chi connectivity index (χ4v) is 4.90. The highest BCUT2D eigenvalue weighted by Crippen LogP contribution is 2.34. The van der Waals surface area contributed by atoms with E-state index in [0.717, 1.165) is 10.5 Å². The first kappa shape index (κ1) is 15.5. The van der Waals surface area contributed by atoms with Gasteiger partial charge in [0.1, 0.15) is 6.04 Å². The van der Waals surface area contributed by atoms with E-state index < -0.39 is 50.8 Å². The number of carboxylic acids is 1. The molecular formula is C14H14N2O6S. The van der Waals surface area contributed by atoms with E-state index in [4.69, 9.17) is 5.11 Å². The predicted molar refractivity (Wildman–Crippen MR) is 77.9 cm³/mol. The molecule has 0 saturated carbocycles.